The molecule has 0 aliphatic heterocycles. The minimum absolute atomic E-state index is 0. The Bertz CT molecular complexity index is 2120. The van der Waals surface area contributed by atoms with E-state index in [2.05, 4.69) is 104 Å². The average Bonchev–Trinajstić information content (AvgIpc) is 3.77. The molecule has 1 N–H and O–H groups in total. The van der Waals surface area contributed by atoms with E-state index in [1.807, 2.05) is 41.5 Å². The molecule has 265 valence electrons. The van der Waals surface area contributed by atoms with Gasteiger partial charge in [0.05, 0.1) is 0 Å². The number of hydrogen-bond donors (Lipinski definition) is 1. The number of fused-ring (bicyclic) bond motifs is 3. The van der Waals surface area contributed by atoms with Crippen LogP contribution in [0.1, 0.15) is 93.6 Å². The zero-order valence-corrected chi connectivity index (χ0v) is 34.9. The van der Waals surface area contributed by atoms with Gasteiger partial charge in [0.1, 0.15) is 10.6 Å². The van der Waals surface area contributed by atoms with E-state index in [1.165, 1.54) is 43.6 Å². The number of carbonyl (C=O) groups excluding carboxylic acids is 1. The van der Waals surface area contributed by atoms with Crippen molar-refractivity contribution in [3.63, 3.8) is 0 Å². The van der Waals surface area contributed by atoms with Gasteiger partial charge in [-0.3, -0.25) is 9.78 Å². The molecule has 0 aliphatic carbocycles. The van der Waals surface area contributed by atoms with Crippen LogP contribution < -0.4 is 0 Å². The molecule has 3 aromatic heterocycles. The average molecular weight is 881 g/mol. The second kappa shape index (κ2) is 16.0. The fourth-order valence-corrected chi connectivity index (χ4v) is 7.92. The standard InChI is InChI=1S/C29H22NS2.C15H28O2.Ir/c1-29(2,3)25-15-19(14-18-8-4-5-9-20(18)25)26-16-23(22-12-13-31-28(22)30-26)24-17-32-27-11-7-6-10-21(24)27;1-7-14(5,8-2)12(16)11-13(17)15(6,9-3)10-4;/h4-13,15-17H,1-3H3;11,16H,7-10H2,1-6H3;/q-1;;/b;12-11-;. The van der Waals surface area contributed by atoms with Crippen molar-refractivity contribution < 1.29 is 30.0 Å². The second-order valence-electron chi connectivity index (χ2n) is 14.7. The molecule has 0 unspecified atom stereocenters. The van der Waals surface area contributed by atoms with Gasteiger partial charge >= 0.3 is 0 Å². The third kappa shape index (κ3) is 8.00. The van der Waals surface area contributed by atoms with Crippen molar-refractivity contribution >= 4 is 59.5 Å². The minimum atomic E-state index is -0.337. The Morgan fingerprint density at radius 1 is 0.780 bits per heavy atom. The Kier molecular flexibility index (Phi) is 12.7. The zero-order chi connectivity index (χ0) is 35.6. The molecule has 0 fully saturated rings. The maximum atomic E-state index is 12.2. The van der Waals surface area contributed by atoms with E-state index in [9.17, 15) is 9.90 Å². The first-order valence-corrected chi connectivity index (χ1v) is 19.3. The number of aromatic nitrogens is 1. The summed E-state index contributed by atoms with van der Waals surface area (Å²) < 4.78 is 1.32. The van der Waals surface area contributed by atoms with Gasteiger partial charge in [-0.1, -0.05) is 116 Å². The first-order chi connectivity index (χ1) is 23.3. The molecule has 0 saturated carbocycles. The maximum Gasteiger partial charge on any atom is 0.164 e. The van der Waals surface area contributed by atoms with E-state index in [0.717, 1.165) is 47.2 Å². The summed E-state index contributed by atoms with van der Waals surface area (Å²) in [5.74, 6) is 0.286. The number of hydrogen-bond acceptors (Lipinski definition) is 5. The number of benzene rings is 3. The number of aliphatic hydroxyl groups excluding tert-OH is 1. The van der Waals surface area contributed by atoms with Crippen molar-refractivity contribution in [2.75, 3.05) is 0 Å². The van der Waals surface area contributed by atoms with Crippen LogP contribution >= 0.6 is 22.7 Å². The summed E-state index contributed by atoms with van der Waals surface area (Å²) in [6.45, 7) is 18.9. The molecule has 0 bridgehead atoms. The molecule has 0 saturated heterocycles. The summed E-state index contributed by atoms with van der Waals surface area (Å²) in [6.07, 6.45) is 4.75. The molecule has 0 spiro atoms. The van der Waals surface area contributed by atoms with Gasteiger partial charge in [0.15, 0.2) is 5.78 Å². The minimum Gasteiger partial charge on any atom is -0.512 e. The van der Waals surface area contributed by atoms with Crippen LogP contribution in [0.3, 0.4) is 0 Å². The molecular weight excluding hydrogens is 831 g/mol. The largest absolute Gasteiger partial charge is 0.512 e. The molecule has 3 heterocycles. The smallest absolute Gasteiger partial charge is 0.164 e. The predicted molar refractivity (Wildman–Crippen MR) is 214 cm³/mol. The molecular formula is C44H50IrNO2S2-. The van der Waals surface area contributed by atoms with Gasteiger partial charge in [-0.2, -0.15) is 0 Å². The molecule has 50 heavy (non-hydrogen) atoms. The van der Waals surface area contributed by atoms with E-state index >= 15 is 0 Å². The summed E-state index contributed by atoms with van der Waals surface area (Å²) in [5.41, 5.74) is 5.35. The van der Waals surface area contributed by atoms with E-state index in [0.29, 0.717) is 0 Å². The number of aliphatic hydroxyl groups is 1. The van der Waals surface area contributed by atoms with Crippen molar-refractivity contribution in [2.45, 2.75) is 93.4 Å². The van der Waals surface area contributed by atoms with Crippen LogP contribution in [0, 0.1) is 16.9 Å². The van der Waals surface area contributed by atoms with Crippen molar-refractivity contribution in [3.8, 4) is 22.4 Å². The molecule has 6 heteroatoms. The van der Waals surface area contributed by atoms with E-state index in [4.69, 9.17) is 4.98 Å². The first kappa shape index (κ1) is 39.6. The van der Waals surface area contributed by atoms with Crippen LogP contribution in [-0.4, -0.2) is 15.9 Å². The Labute approximate surface area is 320 Å². The van der Waals surface area contributed by atoms with Gasteiger partial charge in [-0.25, -0.2) is 0 Å². The number of carbonyl (C=O) groups is 1. The number of allylic oxidation sites excluding steroid dienone is 2. The fourth-order valence-electron chi connectivity index (χ4n) is 6.17. The number of thiophene rings is 2. The fraction of sp³-hybridized carbons (Fsp3) is 0.364. The molecule has 6 aromatic rings. The molecule has 1 radical (unpaired) electrons. The number of pyridine rings is 1. The van der Waals surface area contributed by atoms with E-state index in [-0.39, 0.29) is 47.9 Å². The third-order valence-corrected chi connectivity index (χ3v) is 12.4. The Morgan fingerprint density at radius 2 is 1.40 bits per heavy atom. The topological polar surface area (TPSA) is 50.2 Å². The molecule has 0 aliphatic rings. The molecule has 6 rings (SSSR count). The monoisotopic (exact) mass is 881 g/mol. The van der Waals surface area contributed by atoms with Crippen molar-refractivity contribution in [2.24, 2.45) is 10.8 Å². The quantitative estimate of drug-likeness (QED) is 0.0894. The first-order valence-electron chi connectivity index (χ1n) is 17.5. The Balaban J connectivity index is 0.000000269. The van der Waals surface area contributed by atoms with Crippen LogP contribution in [0.25, 0.3) is 53.5 Å². The summed E-state index contributed by atoms with van der Waals surface area (Å²) in [7, 11) is 0. The van der Waals surface area contributed by atoms with Crippen LogP contribution in [0.15, 0.2) is 89.3 Å². The summed E-state index contributed by atoms with van der Waals surface area (Å²) in [6, 6.07) is 27.6. The summed E-state index contributed by atoms with van der Waals surface area (Å²) >= 11 is 3.51. The normalized spacial score (nSPS) is 12.5. The van der Waals surface area contributed by atoms with E-state index < -0.39 is 0 Å². The van der Waals surface area contributed by atoms with Crippen LogP contribution in [-0.2, 0) is 30.3 Å². The SMILES string of the molecule is CC(C)(C)c1cc(-c2cc(-c3csc4ccccc34)c3ccsc3n2)[c-]c2ccccc12.CCC(C)(CC)C(=O)/C=C(\O)C(C)(CC)CC.[Ir]. The summed E-state index contributed by atoms with van der Waals surface area (Å²) in [5, 5.41) is 19.5. The number of ketones is 1. The van der Waals surface area contributed by atoms with Gasteiger partial charge in [-0.15, -0.1) is 51.8 Å². The van der Waals surface area contributed by atoms with Gasteiger partial charge in [0, 0.05) is 63.7 Å². The molecule has 3 aromatic carbocycles. The van der Waals surface area contributed by atoms with Gasteiger partial charge in [0.25, 0.3) is 0 Å². The van der Waals surface area contributed by atoms with Crippen molar-refractivity contribution in [1.82, 2.24) is 4.98 Å². The van der Waals surface area contributed by atoms with Gasteiger partial charge in [-0.05, 0) is 59.6 Å². The van der Waals surface area contributed by atoms with Gasteiger partial charge in [0.2, 0.25) is 0 Å². The second-order valence-corrected chi connectivity index (χ2v) is 16.5. The number of rotatable bonds is 9. The van der Waals surface area contributed by atoms with Crippen molar-refractivity contribution in [3.05, 3.63) is 101 Å². The predicted octanol–water partition coefficient (Wildman–Crippen LogP) is 13.7. The van der Waals surface area contributed by atoms with E-state index in [1.54, 1.807) is 22.7 Å². The third-order valence-electron chi connectivity index (χ3n) is 10.7. The Hall–Kier alpha value is -3.15. The summed E-state index contributed by atoms with van der Waals surface area (Å²) in [4.78, 5) is 18.3. The van der Waals surface area contributed by atoms with Crippen molar-refractivity contribution in [1.29, 1.82) is 0 Å². The molecule has 0 atom stereocenters. The van der Waals surface area contributed by atoms with Crippen LogP contribution in [0.2, 0.25) is 0 Å². The van der Waals surface area contributed by atoms with Gasteiger partial charge < -0.3 is 5.11 Å². The maximum absolute atomic E-state index is 12.2. The molecule has 0 amide bonds. The molecule has 3 nitrogen and oxygen atoms in total. The Morgan fingerprint density at radius 3 is 2.04 bits per heavy atom. The van der Waals surface area contributed by atoms with Crippen LogP contribution in [0.4, 0.5) is 0 Å². The zero-order valence-electron chi connectivity index (χ0n) is 30.9. The number of nitrogens with zero attached hydrogens (tertiary/aromatic N) is 1. The van der Waals surface area contributed by atoms with Crippen LogP contribution in [0.5, 0.6) is 0 Å².